The minimum Gasteiger partial charge on any atom is -0.443 e. The van der Waals surface area contributed by atoms with Crippen LogP contribution in [0.15, 0.2) is 54.7 Å². The van der Waals surface area contributed by atoms with Crippen LogP contribution in [0.5, 0.6) is 0 Å². The molecular formula is C25H31NO2. The van der Waals surface area contributed by atoms with Gasteiger partial charge in [0.2, 0.25) is 0 Å². The van der Waals surface area contributed by atoms with E-state index in [-0.39, 0.29) is 6.09 Å². The minimum absolute atomic E-state index is 0.345. The molecule has 0 bridgehead atoms. The summed E-state index contributed by atoms with van der Waals surface area (Å²) in [6.45, 7) is 7.90. The summed E-state index contributed by atoms with van der Waals surface area (Å²) in [5.74, 6) is 0. The zero-order chi connectivity index (χ0) is 20.1. The molecule has 3 aromatic rings. The van der Waals surface area contributed by atoms with Crippen molar-refractivity contribution in [2.45, 2.75) is 65.4 Å². The SMILES string of the molecule is CCCCCCc1ccc(-c2cn(C(=O)OC(C)(C)C)c3ccccc23)cc1. The summed E-state index contributed by atoms with van der Waals surface area (Å²) < 4.78 is 7.21. The number of ether oxygens (including phenoxy) is 1. The van der Waals surface area contributed by atoms with Crippen molar-refractivity contribution in [2.24, 2.45) is 0 Å². The number of fused-ring (bicyclic) bond motifs is 1. The number of aromatic nitrogens is 1. The number of rotatable bonds is 6. The average molecular weight is 378 g/mol. The third-order valence-corrected chi connectivity index (χ3v) is 4.89. The van der Waals surface area contributed by atoms with Crippen LogP contribution in [0.4, 0.5) is 4.79 Å². The smallest absolute Gasteiger partial charge is 0.419 e. The number of carbonyl (C=O) groups excluding carboxylic acids is 1. The maximum atomic E-state index is 12.7. The highest BCUT2D eigenvalue weighted by Crippen LogP contribution is 2.31. The van der Waals surface area contributed by atoms with Crippen molar-refractivity contribution in [3.8, 4) is 11.1 Å². The average Bonchev–Trinajstić information content (AvgIpc) is 3.04. The number of para-hydroxylation sites is 1. The van der Waals surface area contributed by atoms with Crippen LogP contribution in [-0.4, -0.2) is 16.3 Å². The lowest BCUT2D eigenvalue weighted by Crippen LogP contribution is -2.26. The largest absolute Gasteiger partial charge is 0.443 e. The van der Waals surface area contributed by atoms with Crippen molar-refractivity contribution in [3.05, 3.63) is 60.3 Å². The van der Waals surface area contributed by atoms with E-state index < -0.39 is 5.60 Å². The molecule has 3 heteroatoms. The van der Waals surface area contributed by atoms with Crippen molar-refractivity contribution >= 4 is 17.0 Å². The Kier molecular flexibility index (Phi) is 6.23. The molecule has 0 aliphatic heterocycles. The van der Waals surface area contributed by atoms with Gasteiger partial charge in [-0.1, -0.05) is 68.7 Å². The quantitative estimate of drug-likeness (QED) is 0.425. The lowest BCUT2D eigenvalue weighted by Gasteiger charge is -2.19. The van der Waals surface area contributed by atoms with E-state index in [2.05, 4.69) is 37.3 Å². The number of hydrogen-bond acceptors (Lipinski definition) is 2. The van der Waals surface area contributed by atoms with Gasteiger partial charge in [-0.2, -0.15) is 0 Å². The van der Waals surface area contributed by atoms with Crippen LogP contribution >= 0.6 is 0 Å². The van der Waals surface area contributed by atoms with E-state index in [0.29, 0.717) is 0 Å². The van der Waals surface area contributed by atoms with Gasteiger partial charge in [0.1, 0.15) is 5.60 Å². The molecule has 2 aromatic carbocycles. The fourth-order valence-electron chi connectivity index (χ4n) is 3.48. The molecule has 0 saturated heterocycles. The zero-order valence-electron chi connectivity index (χ0n) is 17.5. The summed E-state index contributed by atoms with van der Waals surface area (Å²) in [6.07, 6.45) is 7.78. The minimum atomic E-state index is -0.526. The van der Waals surface area contributed by atoms with Crippen LogP contribution in [0.25, 0.3) is 22.0 Å². The molecule has 0 fully saturated rings. The Balaban J connectivity index is 1.88. The van der Waals surface area contributed by atoms with E-state index in [1.807, 2.05) is 45.2 Å². The summed E-state index contributed by atoms with van der Waals surface area (Å²) >= 11 is 0. The van der Waals surface area contributed by atoms with E-state index >= 15 is 0 Å². The molecule has 1 heterocycles. The first-order chi connectivity index (χ1) is 13.4. The molecule has 1 aromatic heterocycles. The Morgan fingerprint density at radius 2 is 1.68 bits per heavy atom. The summed E-state index contributed by atoms with van der Waals surface area (Å²) in [5.41, 5.74) is 3.89. The molecule has 0 radical (unpaired) electrons. The van der Waals surface area contributed by atoms with Gasteiger partial charge < -0.3 is 4.74 Å². The lowest BCUT2D eigenvalue weighted by atomic mass is 10.0. The van der Waals surface area contributed by atoms with Crippen LogP contribution in [0.2, 0.25) is 0 Å². The van der Waals surface area contributed by atoms with Gasteiger partial charge in [0, 0.05) is 17.1 Å². The van der Waals surface area contributed by atoms with E-state index in [0.717, 1.165) is 28.5 Å². The highest BCUT2D eigenvalue weighted by molar-refractivity contribution is 6.00. The fraction of sp³-hybridized carbons (Fsp3) is 0.400. The second kappa shape index (κ2) is 8.64. The Bertz CT molecular complexity index is 929. The van der Waals surface area contributed by atoms with E-state index in [4.69, 9.17) is 4.74 Å². The van der Waals surface area contributed by atoms with Crippen molar-refractivity contribution in [1.29, 1.82) is 0 Å². The van der Waals surface area contributed by atoms with Gasteiger partial charge in [-0.15, -0.1) is 0 Å². The second-order valence-corrected chi connectivity index (χ2v) is 8.42. The first-order valence-electron chi connectivity index (χ1n) is 10.3. The van der Waals surface area contributed by atoms with Gasteiger partial charge in [0.15, 0.2) is 0 Å². The zero-order valence-corrected chi connectivity index (χ0v) is 17.5. The molecule has 0 amide bonds. The van der Waals surface area contributed by atoms with Crippen LogP contribution in [-0.2, 0) is 11.2 Å². The molecular weight excluding hydrogens is 346 g/mol. The van der Waals surface area contributed by atoms with Gasteiger partial charge in [0.05, 0.1) is 5.52 Å². The summed E-state index contributed by atoms with van der Waals surface area (Å²) in [5, 5.41) is 1.06. The second-order valence-electron chi connectivity index (χ2n) is 8.42. The van der Waals surface area contributed by atoms with Gasteiger partial charge in [-0.05, 0) is 50.8 Å². The van der Waals surface area contributed by atoms with Gasteiger partial charge in [0.25, 0.3) is 0 Å². The Morgan fingerprint density at radius 3 is 2.36 bits per heavy atom. The van der Waals surface area contributed by atoms with E-state index in [1.165, 1.54) is 31.2 Å². The Labute approximate surface area is 168 Å². The Morgan fingerprint density at radius 1 is 0.964 bits per heavy atom. The normalized spacial score (nSPS) is 11.7. The molecule has 28 heavy (non-hydrogen) atoms. The van der Waals surface area contributed by atoms with Crippen LogP contribution < -0.4 is 0 Å². The van der Waals surface area contributed by atoms with Crippen molar-refractivity contribution in [1.82, 2.24) is 4.57 Å². The molecule has 3 rings (SSSR count). The molecule has 0 aliphatic carbocycles. The lowest BCUT2D eigenvalue weighted by molar-refractivity contribution is 0.0544. The third-order valence-electron chi connectivity index (χ3n) is 4.89. The van der Waals surface area contributed by atoms with Crippen LogP contribution in [0.1, 0.15) is 58.9 Å². The third kappa shape index (κ3) is 4.83. The molecule has 0 N–H and O–H groups in total. The maximum absolute atomic E-state index is 12.7. The number of unbranched alkanes of at least 4 members (excludes halogenated alkanes) is 3. The molecule has 0 unspecified atom stereocenters. The monoisotopic (exact) mass is 377 g/mol. The molecule has 0 saturated carbocycles. The van der Waals surface area contributed by atoms with Gasteiger partial charge in [-0.25, -0.2) is 4.79 Å². The van der Waals surface area contributed by atoms with E-state index in [9.17, 15) is 4.79 Å². The van der Waals surface area contributed by atoms with Crippen molar-refractivity contribution < 1.29 is 9.53 Å². The molecule has 0 atom stereocenters. The predicted molar refractivity (Wildman–Crippen MR) is 117 cm³/mol. The topological polar surface area (TPSA) is 31.2 Å². The first kappa shape index (κ1) is 20.2. The standard InChI is InChI=1S/C25H31NO2/c1-5-6-7-8-11-19-14-16-20(17-15-19)22-18-26(24(27)28-25(2,3)4)23-13-10-9-12-21(22)23/h9-10,12-18H,5-8,11H2,1-4H3. The highest BCUT2D eigenvalue weighted by Gasteiger charge is 2.21. The summed E-state index contributed by atoms with van der Waals surface area (Å²) in [4.78, 5) is 12.7. The van der Waals surface area contributed by atoms with Crippen molar-refractivity contribution in [3.63, 3.8) is 0 Å². The van der Waals surface area contributed by atoms with Crippen LogP contribution in [0, 0.1) is 0 Å². The highest BCUT2D eigenvalue weighted by atomic mass is 16.6. The molecule has 3 nitrogen and oxygen atoms in total. The summed E-state index contributed by atoms with van der Waals surface area (Å²) in [7, 11) is 0. The fourth-order valence-corrected chi connectivity index (χ4v) is 3.48. The van der Waals surface area contributed by atoms with E-state index in [1.54, 1.807) is 4.57 Å². The summed E-state index contributed by atoms with van der Waals surface area (Å²) in [6, 6.07) is 16.7. The van der Waals surface area contributed by atoms with Crippen LogP contribution in [0.3, 0.4) is 0 Å². The molecule has 0 spiro atoms. The van der Waals surface area contributed by atoms with Gasteiger partial charge >= 0.3 is 6.09 Å². The molecule has 148 valence electrons. The number of nitrogens with zero attached hydrogens (tertiary/aromatic N) is 1. The number of aryl methyl sites for hydroxylation is 1. The van der Waals surface area contributed by atoms with Crippen molar-refractivity contribution in [2.75, 3.05) is 0 Å². The molecule has 0 aliphatic rings. The first-order valence-corrected chi connectivity index (χ1v) is 10.3. The Hall–Kier alpha value is -2.55. The predicted octanol–water partition coefficient (Wildman–Crippen LogP) is 7.21. The van der Waals surface area contributed by atoms with Gasteiger partial charge in [-0.3, -0.25) is 4.57 Å². The number of benzene rings is 2. The number of hydrogen-bond donors (Lipinski definition) is 0. The number of carbonyl (C=O) groups is 1. The maximum Gasteiger partial charge on any atom is 0.419 e.